The maximum atomic E-state index is 11.5. The van der Waals surface area contributed by atoms with Crippen molar-refractivity contribution in [3.8, 4) is 0 Å². The summed E-state index contributed by atoms with van der Waals surface area (Å²) in [6.45, 7) is 4.10. The fraction of sp³-hybridized carbons (Fsp3) is 0.125. The third kappa shape index (κ3) is 1.84. The summed E-state index contributed by atoms with van der Waals surface area (Å²) < 4.78 is 1.66. The van der Waals surface area contributed by atoms with E-state index in [0.29, 0.717) is 17.7 Å². The first-order valence-corrected chi connectivity index (χ1v) is 4.04. The first-order valence-electron chi connectivity index (χ1n) is 4.04. The van der Waals surface area contributed by atoms with E-state index in [0.717, 1.165) is 0 Å². The molecule has 0 aromatic carbocycles. The molecule has 0 unspecified atom stereocenters. The number of halogens is 1. The summed E-state index contributed by atoms with van der Waals surface area (Å²) in [6.07, 6.45) is 3.21. The molecule has 0 radical (unpaired) electrons. The number of H-pyrrole nitrogens is 1. The average Bonchev–Trinajstić information content (AvgIpc) is 2.49. The van der Waals surface area contributed by atoms with Crippen LogP contribution in [0.4, 0.5) is 5.95 Å². The van der Waals surface area contributed by atoms with Gasteiger partial charge in [-0.2, -0.15) is 4.98 Å². The Balaban J connectivity index is 0.00000112. The van der Waals surface area contributed by atoms with Gasteiger partial charge in [-0.15, -0.1) is 19.0 Å². The number of rotatable bonds is 2. The molecule has 0 aliphatic rings. The number of nitrogens with two attached hydrogens (primary N) is 1. The van der Waals surface area contributed by atoms with Gasteiger partial charge in [-0.05, 0) is 0 Å². The second kappa shape index (κ2) is 4.14. The number of nitrogens with zero attached hydrogens (tertiary/aromatic N) is 3. The average molecular weight is 228 g/mol. The SMILES string of the molecule is C=CCn1cnc2nc(N)[nH]c(=O)c21.Cl. The van der Waals surface area contributed by atoms with Crippen molar-refractivity contribution in [1.29, 1.82) is 0 Å². The molecule has 6 nitrogen and oxygen atoms in total. The van der Waals surface area contributed by atoms with Crippen LogP contribution < -0.4 is 11.3 Å². The molecule has 7 heteroatoms. The van der Waals surface area contributed by atoms with E-state index < -0.39 is 0 Å². The van der Waals surface area contributed by atoms with Crippen molar-refractivity contribution in [1.82, 2.24) is 19.5 Å². The Bertz CT molecular complexity index is 543. The summed E-state index contributed by atoms with van der Waals surface area (Å²) in [7, 11) is 0. The summed E-state index contributed by atoms with van der Waals surface area (Å²) >= 11 is 0. The highest BCUT2D eigenvalue weighted by atomic mass is 35.5. The number of fused-ring (bicyclic) bond motifs is 1. The first kappa shape index (κ1) is 11.3. The predicted octanol–water partition coefficient (Wildman–Crippen LogP) is 0.310. The maximum Gasteiger partial charge on any atom is 0.278 e. The predicted molar refractivity (Wildman–Crippen MR) is 60.0 cm³/mol. The lowest BCUT2D eigenvalue weighted by Gasteiger charge is -1.97. The van der Waals surface area contributed by atoms with Gasteiger partial charge in [0.1, 0.15) is 0 Å². The molecule has 0 aliphatic heterocycles. The van der Waals surface area contributed by atoms with Gasteiger partial charge in [-0.3, -0.25) is 9.78 Å². The third-order valence-corrected chi connectivity index (χ3v) is 1.83. The first-order chi connectivity index (χ1) is 6.72. The molecule has 0 amide bonds. The number of aromatic amines is 1. The second-order valence-electron chi connectivity index (χ2n) is 2.81. The summed E-state index contributed by atoms with van der Waals surface area (Å²) in [5.41, 5.74) is 5.86. The lowest BCUT2D eigenvalue weighted by Crippen LogP contribution is -2.14. The van der Waals surface area contributed by atoms with Crippen LogP contribution in [0.25, 0.3) is 11.2 Å². The van der Waals surface area contributed by atoms with Gasteiger partial charge < -0.3 is 10.3 Å². The van der Waals surface area contributed by atoms with Gasteiger partial charge in [0.15, 0.2) is 11.2 Å². The molecule has 0 saturated carbocycles. The Morgan fingerprint density at radius 2 is 2.40 bits per heavy atom. The van der Waals surface area contributed by atoms with Crippen molar-refractivity contribution in [3.05, 3.63) is 29.3 Å². The number of hydrogen-bond donors (Lipinski definition) is 2. The molecule has 3 N–H and O–H groups in total. The highest BCUT2D eigenvalue weighted by molar-refractivity contribution is 5.85. The van der Waals surface area contributed by atoms with Crippen molar-refractivity contribution in [2.45, 2.75) is 6.54 Å². The van der Waals surface area contributed by atoms with E-state index in [9.17, 15) is 4.79 Å². The van der Waals surface area contributed by atoms with Gasteiger partial charge in [0.2, 0.25) is 5.95 Å². The Labute approximate surface area is 91.3 Å². The highest BCUT2D eigenvalue weighted by Crippen LogP contribution is 2.05. The molecule has 80 valence electrons. The summed E-state index contributed by atoms with van der Waals surface area (Å²) in [5.74, 6) is 0.0753. The van der Waals surface area contributed by atoms with E-state index in [2.05, 4.69) is 21.5 Å². The van der Waals surface area contributed by atoms with Crippen molar-refractivity contribution < 1.29 is 0 Å². The van der Waals surface area contributed by atoms with Crippen molar-refractivity contribution >= 4 is 29.5 Å². The van der Waals surface area contributed by atoms with Crippen LogP contribution in [0.15, 0.2) is 23.8 Å². The van der Waals surface area contributed by atoms with Crippen molar-refractivity contribution in [2.75, 3.05) is 5.73 Å². The van der Waals surface area contributed by atoms with E-state index in [1.54, 1.807) is 10.6 Å². The molecule has 0 bridgehead atoms. The van der Waals surface area contributed by atoms with E-state index in [-0.39, 0.29) is 23.9 Å². The molecule has 15 heavy (non-hydrogen) atoms. The Kier molecular flexibility index (Phi) is 3.11. The number of anilines is 1. The van der Waals surface area contributed by atoms with E-state index in [4.69, 9.17) is 5.73 Å². The minimum atomic E-state index is -0.285. The normalized spacial score (nSPS) is 9.87. The molecule has 2 heterocycles. The van der Waals surface area contributed by atoms with E-state index in [1.807, 2.05) is 0 Å². The number of allylic oxidation sites excluding steroid dienone is 1. The van der Waals surface area contributed by atoms with E-state index in [1.165, 1.54) is 6.33 Å². The Morgan fingerprint density at radius 3 is 3.07 bits per heavy atom. The number of aromatic nitrogens is 4. The molecule has 0 spiro atoms. The molecule has 0 saturated heterocycles. The number of nitrogen functional groups attached to an aromatic ring is 1. The van der Waals surface area contributed by atoms with Crippen LogP contribution in [-0.4, -0.2) is 19.5 Å². The fourth-order valence-electron chi connectivity index (χ4n) is 1.28. The zero-order valence-corrected chi connectivity index (χ0v) is 8.62. The zero-order valence-electron chi connectivity index (χ0n) is 7.80. The molecule has 2 aromatic rings. The van der Waals surface area contributed by atoms with Crippen LogP contribution in [-0.2, 0) is 6.54 Å². The number of hydrogen-bond acceptors (Lipinski definition) is 4. The quantitative estimate of drug-likeness (QED) is 0.723. The Hall–Kier alpha value is -1.82. The molecule has 2 aromatic heterocycles. The van der Waals surface area contributed by atoms with Gasteiger partial charge in [0, 0.05) is 6.54 Å². The molecule has 0 fully saturated rings. The lowest BCUT2D eigenvalue weighted by molar-refractivity contribution is 0.845. The van der Waals surface area contributed by atoms with Crippen LogP contribution in [0, 0.1) is 0 Å². The van der Waals surface area contributed by atoms with Crippen LogP contribution >= 0.6 is 12.4 Å². The molecular weight excluding hydrogens is 218 g/mol. The van der Waals surface area contributed by atoms with Gasteiger partial charge >= 0.3 is 0 Å². The van der Waals surface area contributed by atoms with Gasteiger partial charge in [0.25, 0.3) is 5.56 Å². The fourth-order valence-corrected chi connectivity index (χ4v) is 1.28. The Morgan fingerprint density at radius 1 is 1.67 bits per heavy atom. The molecule has 2 rings (SSSR count). The summed E-state index contributed by atoms with van der Waals surface area (Å²) in [6, 6.07) is 0. The van der Waals surface area contributed by atoms with Gasteiger partial charge in [-0.1, -0.05) is 6.08 Å². The van der Waals surface area contributed by atoms with Crippen LogP contribution in [0.5, 0.6) is 0 Å². The summed E-state index contributed by atoms with van der Waals surface area (Å²) in [5, 5.41) is 0. The van der Waals surface area contributed by atoms with Crippen LogP contribution in [0.3, 0.4) is 0 Å². The van der Waals surface area contributed by atoms with Crippen LogP contribution in [0.1, 0.15) is 0 Å². The minimum Gasteiger partial charge on any atom is -0.369 e. The molecule has 0 atom stereocenters. The monoisotopic (exact) mass is 227 g/mol. The second-order valence-corrected chi connectivity index (χ2v) is 2.81. The largest absolute Gasteiger partial charge is 0.369 e. The van der Waals surface area contributed by atoms with Crippen molar-refractivity contribution in [3.63, 3.8) is 0 Å². The standard InChI is InChI=1S/C8H9N5O.ClH/c1-2-3-13-4-10-6-5(13)7(14)12-8(9)11-6;/h2,4H,1,3H2,(H3,9,11,12,14);1H. The summed E-state index contributed by atoms with van der Waals surface area (Å²) in [4.78, 5) is 21.8. The van der Waals surface area contributed by atoms with Gasteiger partial charge in [-0.25, -0.2) is 4.98 Å². The zero-order chi connectivity index (χ0) is 10.1. The highest BCUT2D eigenvalue weighted by Gasteiger charge is 2.07. The smallest absolute Gasteiger partial charge is 0.278 e. The minimum absolute atomic E-state index is 0. The van der Waals surface area contributed by atoms with E-state index >= 15 is 0 Å². The van der Waals surface area contributed by atoms with Crippen LogP contribution in [0.2, 0.25) is 0 Å². The maximum absolute atomic E-state index is 11.5. The molecule has 0 aliphatic carbocycles. The topological polar surface area (TPSA) is 89.6 Å². The van der Waals surface area contributed by atoms with Gasteiger partial charge in [0.05, 0.1) is 6.33 Å². The number of nitrogens with one attached hydrogen (secondary N) is 1. The van der Waals surface area contributed by atoms with Crippen molar-refractivity contribution in [2.24, 2.45) is 0 Å². The molecular formula is C8H10ClN5O. The number of imidazole rings is 1. The third-order valence-electron chi connectivity index (χ3n) is 1.83. The lowest BCUT2D eigenvalue weighted by atomic mass is 10.5.